The van der Waals surface area contributed by atoms with Crippen molar-refractivity contribution in [1.82, 2.24) is 0 Å². The highest BCUT2D eigenvalue weighted by Crippen LogP contribution is 2.45. The molecular formula is C40H25NOS. The molecule has 0 amide bonds. The first-order valence-corrected chi connectivity index (χ1v) is 13.9. The van der Waals surface area contributed by atoms with Crippen LogP contribution in [0.4, 0.5) is 17.1 Å². The first kappa shape index (κ1) is 12.5. The normalized spacial score (nSPS) is 17.6. The Hall–Kier alpha value is -5.38. The molecule has 0 atom stereocenters. The third kappa shape index (κ3) is 3.79. The van der Waals surface area contributed by atoms with Crippen LogP contribution in [0.2, 0.25) is 0 Å². The van der Waals surface area contributed by atoms with Crippen molar-refractivity contribution < 1.29 is 29.1 Å². The van der Waals surface area contributed by atoms with Gasteiger partial charge in [-0.1, -0.05) is 103 Å². The Morgan fingerprint density at radius 2 is 1.37 bits per heavy atom. The molecule has 2 nitrogen and oxygen atoms in total. The summed E-state index contributed by atoms with van der Waals surface area (Å²) in [5, 5.41) is 0.0366. The predicted molar refractivity (Wildman–Crippen MR) is 184 cm³/mol. The first-order chi connectivity index (χ1) is 28.8. The molecular weight excluding hydrogens is 543 g/mol. The van der Waals surface area contributed by atoms with E-state index in [0.717, 1.165) is 15.5 Å². The number of hydrogen-bond donors (Lipinski definition) is 0. The second kappa shape index (κ2) is 9.59. The van der Waals surface area contributed by atoms with Gasteiger partial charge < -0.3 is 9.32 Å². The molecule has 0 spiro atoms. The Labute approximate surface area is 277 Å². The van der Waals surface area contributed by atoms with Crippen LogP contribution in [-0.2, 0) is 0 Å². The molecule has 2 aromatic heterocycles. The largest absolute Gasteiger partial charge is 0.455 e. The summed E-state index contributed by atoms with van der Waals surface area (Å²) in [6.45, 7) is 0. The second-order valence-corrected chi connectivity index (χ2v) is 10.6. The van der Waals surface area contributed by atoms with E-state index in [2.05, 4.69) is 0 Å². The molecule has 0 N–H and O–H groups in total. The zero-order valence-electron chi connectivity index (χ0n) is 39.8. The van der Waals surface area contributed by atoms with Gasteiger partial charge in [-0.3, -0.25) is 0 Å². The third-order valence-electron chi connectivity index (χ3n) is 7.17. The highest BCUT2D eigenvalue weighted by molar-refractivity contribution is 7.26. The van der Waals surface area contributed by atoms with E-state index in [1.54, 1.807) is 12.1 Å². The van der Waals surface area contributed by atoms with Crippen LogP contribution in [0.3, 0.4) is 0 Å². The fraction of sp³-hybridized carbons (Fsp3) is 0. The van der Waals surface area contributed by atoms with Gasteiger partial charge >= 0.3 is 0 Å². The van der Waals surface area contributed by atoms with Crippen LogP contribution in [0.25, 0.3) is 64.0 Å². The number of nitrogens with zero attached hydrogens (tertiary/aromatic N) is 1. The molecule has 0 aliphatic carbocycles. The van der Waals surface area contributed by atoms with Crippen molar-refractivity contribution in [2.45, 2.75) is 0 Å². The van der Waals surface area contributed by atoms with Gasteiger partial charge in [0, 0.05) is 42.3 Å². The van der Waals surface area contributed by atoms with Gasteiger partial charge in [0.15, 0.2) is 0 Å². The fourth-order valence-corrected chi connectivity index (χ4v) is 6.53. The summed E-state index contributed by atoms with van der Waals surface area (Å²) in [5.41, 5.74) is -3.00. The molecule has 0 aliphatic heterocycles. The van der Waals surface area contributed by atoms with Gasteiger partial charge in [-0.25, -0.2) is 0 Å². The lowest BCUT2D eigenvalue weighted by atomic mass is 10.0. The number of rotatable bonds is 4. The molecule has 0 saturated carbocycles. The Balaban J connectivity index is 1.49. The maximum absolute atomic E-state index is 9.54. The minimum atomic E-state index is -0.921. The Morgan fingerprint density at radius 3 is 2.28 bits per heavy atom. The minimum Gasteiger partial charge on any atom is -0.455 e. The average Bonchev–Trinajstić information content (AvgIpc) is 3.83. The van der Waals surface area contributed by atoms with E-state index in [4.69, 9.17) is 20.9 Å². The molecule has 0 unspecified atom stereocenters. The van der Waals surface area contributed by atoms with Crippen LogP contribution in [0.15, 0.2) is 156 Å². The zero-order valence-corrected chi connectivity index (χ0v) is 22.6. The van der Waals surface area contributed by atoms with Gasteiger partial charge in [-0.15, -0.1) is 11.3 Å². The number of hydrogen-bond acceptors (Lipinski definition) is 3. The monoisotopic (exact) mass is 585 g/mol. The number of para-hydroxylation sites is 1. The number of fused-ring (bicyclic) bond motifs is 8. The molecule has 202 valence electrons. The van der Waals surface area contributed by atoms with Gasteiger partial charge in [-0.2, -0.15) is 0 Å². The summed E-state index contributed by atoms with van der Waals surface area (Å²) < 4.78 is 168. The molecule has 43 heavy (non-hydrogen) atoms. The van der Waals surface area contributed by atoms with Gasteiger partial charge in [0.2, 0.25) is 0 Å². The molecule has 0 saturated heterocycles. The SMILES string of the molecule is [2H]c1c([2H])c([2H])c(N(c2c([2H])c([2H])c(-c3cccc4c3sc3ccccc34)c([2H])c2[2H])c2c([2H])c([2H])c([2H])c3oc4c5c([2H])c([2H])c([2H])c([2H])c5c([2H])c([2H])c4c23)c([2H])c1[2H]. The Bertz CT molecular complexity index is 3430. The molecule has 3 heteroatoms. The number of benzene rings is 7. The number of anilines is 3. The molecule has 2 heterocycles. The summed E-state index contributed by atoms with van der Waals surface area (Å²) in [6, 6.07) is -1.21. The second-order valence-electron chi connectivity index (χ2n) is 9.55. The molecule has 9 rings (SSSR count). The topological polar surface area (TPSA) is 16.4 Å². The average molecular weight is 586 g/mol. The van der Waals surface area contributed by atoms with Crippen molar-refractivity contribution in [2.75, 3.05) is 4.90 Å². The third-order valence-corrected chi connectivity index (χ3v) is 8.39. The van der Waals surface area contributed by atoms with Gasteiger partial charge in [0.05, 0.1) is 35.7 Å². The summed E-state index contributed by atoms with van der Waals surface area (Å²) in [7, 11) is 0. The standard InChI is InChI=1S/C40H25NOS/c1-2-11-28(12-3-1)41(35-17-9-18-36-38(35)34-25-22-26-10-4-5-13-30(26)39(34)42-36)29-23-20-27(21-24-29)31-15-8-16-33-32-14-6-7-19-37(32)43-40(31)33/h1-25H/i1D,2D,3D,4D,5D,9D,10D,11D,12D,13D,17D,18D,20D,21D,22D,23D,24D,25D. The Kier molecular flexibility index (Phi) is 2.78. The molecule has 0 radical (unpaired) electrons. The van der Waals surface area contributed by atoms with Crippen LogP contribution in [0.1, 0.15) is 24.7 Å². The zero-order chi connectivity index (χ0) is 44.0. The lowest BCUT2D eigenvalue weighted by molar-refractivity contribution is 0.672. The molecule has 0 bridgehead atoms. The van der Waals surface area contributed by atoms with Crippen molar-refractivity contribution >= 4 is 81.3 Å². The highest BCUT2D eigenvalue weighted by Gasteiger charge is 2.20. The van der Waals surface area contributed by atoms with Crippen LogP contribution < -0.4 is 4.90 Å². The summed E-state index contributed by atoms with van der Waals surface area (Å²) in [6.07, 6.45) is 0. The van der Waals surface area contributed by atoms with Gasteiger partial charge in [0.1, 0.15) is 11.2 Å². The summed E-state index contributed by atoms with van der Waals surface area (Å²) in [4.78, 5) is 0.704. The van der Waals surface area contributed by atoms with Crippen LogP contribution >= 0.6 is 11.3 Å². The fourth-order valence-electron chi connectivity index (χ4n) is 5.31. The van der Waals surface area contributed by atoms with E-state index < -0.39 is 153 Å². The van der Waals surface area contributed by atoms with E-state index in [1.807, 2.05) is 30.3 Å². The maximum Gasteiger partial charge on any atom is 0.143 e. The van der Waals surface area contributed by atoms with Crippen molar-refractivity contribution in [1.29, 1.82) is 0 Å². The number of furan rings is 1. The van der Waals surface area contributed by atoms with E-state index >= 15 is 0 Å². The van der Waals surface area contributed by atoms with E-state index in [1.165, 1.54) is 11.3 Å². The van der Waals surface area contributed by atoms with E-state index in [-0.39, 0.29) is 10.9 Å². The van der Waals surface area contributed by atoms with Gasteiger partial charge in [0.25, 0.3) is 0 Å². The van der Waals surface area contributed by atoms with Gasteiger partial charge in [-0.05, 0) is 64.9 Å². The quantitative estimate of drug-likeness (QED) is 0.204. The van der Waals surface area contributed by atoms with Crippen molar-refractivity contribution in [2.24, 2.45) is 0 Å². The lowest BCUT2D eigenvalue weighted by Crippen LogP contribution is -2.10. The van der Waals surface area contributed by atoms with E-state index in [9.17, 15) is 8.22 Å². The predicted octanol–water partition coefficient (Wildman–Crippen LogP) is 12.2. The van der Waals surface area contributed by atoms with Crippen LogP contribution in [0.5, 0.6) is 0 Å². The van der Waals surface area contributed by atoms with Crippen molar-refractivity contribution in [3.8, 4) is 11.1 Å². The molecule has 0 fully saturated rings. The number of thiophene rings is 1. The maximum atomic E-state index is 9.54. The first-order valence-electron chi connectivity index (χ1n) is 22.1. The van der Waals surface area contributed by atoms with Crippen LogP contribution in [-0.4, -0.2) is 0 Å². The molecule has 7 aromatic carbocycles. The molecule has 9 aromatic rings. The summed E-state index contributed by atoms with van der Waals surface area (Å²) >= 11 is 1.38. The molecule has 0 aliphatic rings. The van der Waals surface area contributed by atoms with E-state index in [0.29, 0.717) is 15.2 Å². The highest BCUT2D eigenvalue weighted by atomic mass is 32.1. The lowest BCUT2D eigenvalue weighted by Gasteiger charge is -2.26. The van der Waals surface area contributed by atoms with Crippen molar-refractivity contribution in [3.63, 3.8) is 0 Å². The van der Waals surface area contributed by atoms with Crippen molar-refractivity contribution in [3.05, 3.63) is 151 Å². The van der Waals surface area contributed by atoms with Crippen LogP contribution in [0, 0.1) is 0 Å². The minimum absolute atomic E-state index is 0.127. The summed E-state index contributed by atoms with van der Waals surface area (Å²) in [5.74, 6) is 0. The smallest absolute Gasteiger partial charge is 0.143 e. The Morgan fingerprint density at radius 1 is 0.581 bits per heavy atom.